The van der Waals surface area contributed by atoms with Crippen LogP contribution < -0.4 is 0 Å². The van der Waals surface area contributed by atoms with Gasteiger partial charge in [-0.3, -0.25) is 4.90 Å². The summed E-state index contributed by atoms with van der Waals surface area (Å²) in [5, 5.41) is 10.0. The number of halogens is 2. The molecule has 7 rings (SSSR count). The zero-order valence-corrected chi connectivity index (χ0v) is 19.2. The molecular weight excluding hydrogens is 434 g/mol. The minimum Gasteiger partial charge on any atom is -0.478 e. The maximum atomic E-state index is 15.7. The van der Waals surface area contributed by atoms with E-state index >= 15 is 8.78 Å². The molecule has 3 saturated carbocycles. The number of fused-ring (bicyclic) bond motifs is 4. The van der Waals surface area contributed by atoms with E-state index in [1.54, 1.807) is 0 Å². The molecule has 4 aliphatic rings. The molecule has 2 N–H and O–H groups in total. The van der Waals surface area contributed by atoms with E-state index in [0.717, 1.165) is 66.3 Å². The third-order valence-electron chi connectivity index (χ3n) is 8.40. The maximum absolute atomic E-state index is 15.7. The molecule has 2 aromatic carbocycles. The number of nitrogens with one attached hydrogen (secondary N) is 1. The molecule has 1 aromatic heterocycles. The van der Waals surface area contributed by atoms with Crippen molar-refractivity contribution in [3.63, 3.8) is 0 Å². The summed E-state index contributed by atoms with van der Waals surface area (Å²) < 4.78 is 31.5. The fourth-order valence-electron chi connectivity index (χ4n) is 7.01. The molecule has 3 aromatic rings. The Kier molecular flexibility index (Phi) is 4.92. The minimum absolute atomic E-state index is 0.00818. The van der Waals surface area contributed by atoms with Gasteiger partial charge in [-0.25, -0.2) is 13.6 Å². The highest BCUT2D eigenvalue weighted by Gasteiger charge is 2.58. The second-order valence-electron chi connectivity index (χ2n) is 10.2. The number of hydrogen-bond acceptors (Lipinski definition) is 2. The van der Waals surface area contributed by atoms with E-state index < -0.39 is 23.6 Å². The number of carboxylic acid groups (broad SMARTS) is 1. The summed E-state index contributed by atoms with van der Waals surface area (Å²) in [6.07, 6.45) is 8.34. The number of carboxylic acids is 1. The zero-order valence-electron chi connectivity index (χ0n) is 19.2. The Labute approximate surface area is 197 Å². The molecule has 34 heavy (non-hydrogen) atoms. The molecule has 6 heteroatoms. The van der Waals surface area contributed by atoms with Gasteiger partial charge in [0.15, 0.2) is 0 Å². The third-order valence-corrected chi connectivity index (χ3v) is 8.40. The number of carbonyl (C=O) groups is 1. The van der Waals surface area contributed by atoms with Crippen molar-refractivity contribution in [2.75, 3.05) is 0 Å². The first-order valence-corrected chi connectivity index (χ1v) is 12.2. The van der Waals surface area contributed by atoms with Gasteiger partial charge in [-0.05, 0) is 79.8 Å². The van der Waals surface area contributed by atoms with Gasteiger partial charge < -0.3 is 10.1 Å². The SMILES string of the molecule is CC[C@@H]1Cc2c([nH]c3ccccc23)[C@@H](c2c(F)cc(/C=C/C(=O)O)cc2F)N1C12CCC(C1)C2. The molecule has 176 valence electrons. The van der Waals surface area contributed by atoms with Gasteiger partial charge >= 0.3 is 5.97 Å². The van der Waals surface area contributed by atoms with Crippen LogP contribution in [0.5, 0.6) is 0 Å². The standard InChI is InChI=1S/C28H28F2N2O2/c1-2-18-13-20-19-5-3-4-6-23(19)31-26(20)27(32(18)28-10-9-17(14-28)15-28)25-21(29)11-16(12-22(25)30)7-8-24(33)34/h3-8,11-12,17-18,27,31H,2,9-10,13-15H2,1H3,(H,33,34)/b8-7+/t17?,18-,27-,28?/m1/s1. The molecule has 3 fully saturated rings. The molecule has 2 atom stereocenters. The van der Waals surface area contributed by atoms with Crippen LogP contribution in [0.4, 0.5) is 8.78 Å². The number of nitrogens with zero attached hydrogens (tertiary/aromatic N) is 1. The van der Waals surface area contributed by atoms with Gasteiger partial charge in [0, 0.05) is 39.8 Å². The van der Waals surface area contributed by atoms with Crippen molar-refractivity contribution in [2.45, 2.75) is 63.1 Å². The lowest BCUT2D eigenvalue weighted by Crippen LogP contribution is -2.60. The Morgan fingerprint density at radius 2 is 1.97 bits per heavy atom. The van der Waals surface area contributed by atoms with Crippen molar-refractivity contribution in [2.24, 2.45) is 5.92 Å². The molecule has 0 amide bonds. The monoisotopic (exact) mass is 462 g/mol. The van der Waals surface area contributed by atoms with Gasteiger partial charge in [-0.15, -0.1) is 0 Å². The largest absolute Gasteiger partial charge is 0.478 e. The first-order valence-electron chi connectivity index (χ1n) is 12.2. The average molecular weight is 463 g/mol. The second-order valence-corrected chi connectivity index (χ2v) is 10.2. The maximum Gasteiger partial charge on any atom is 0.328 e. The fourth-order valence-corrected chi connectivity index (χ4v) is 7.01. The van der Waals surface area contributed by atoms with Gasteiger partial charge in [-0.1, -0.05) is 25.1 Å². The summed E-state index contributed by atoms with van der Waals surface area (Å²) in [4.78, 5) is 16.9. The van der Waals surface area contributed by atoms with Crippen LogP contribution in [0.3, 0.4) is 0 Å². The molecule has 0 radical (unpaired) electrons. The summed E-state index contributed by atoms with van der Waals surface area (Å²) in [5.41, 5.74) is 3.29. The second kappa shape index (κ2) is 7.77. The number of hydrogen-bond donors (Lipinski definition) is 2. The van der Waals surface area contributed by atoms with Crippen LogP contribution in [0.15, 0.2) is 42.5 Å². The van der Waals surface area contributed by atoms with Crippen molar-refractivity contribution in [3.05, 3.63) is 76.5 Å². The highest BCUT2D eigenvalue weighted by molar-refractivity contribution is 5.86. The van der Waals surface area contributed by atoms with Crippen LogP contribution in [-0.4, -0.2) is 32.5 Å². The summed E-state index contributed by atoms with van der Waals surface area (Å²) in [6.45, 7) is 2.17. The Balaban J connectivity index is 1.56. The Bertz CT molecular complexity index is 1290. The van der Waals surface area contributed by atoms with E-state index in [2.05, 4.69) is 22.9 Å². The molecule has 0 spiro atoms. The van der Waals surface area contributed by atoms with Crippen molar-refractivity contribution in [1.82, 2.24) is 9.88 Å². The lowest BCUT2D eigenvalue weighted by atomic mass is 9.71. The number of benzene rings is 2. The molecular formula is C28H28F2N2O2. The Morgan fingerprint density at radius 3 is 2.62 bits per heavy atom. The van der Waals surface area contributed by atoms with Gasteiger partial charge in [0.1, 0.15) is 11.6 Å². The van der Waals surface area contributed by atoms with Crippen LogP contribution in [0.2, 0.25) is 0 Å². The summed E-state index contributed by atoms with van der Waals surface area (Å²) in [5.74, 6) is -1.70. The smallest absolute Gasteiger partial charge is 0.328 e. The van der Waals surface area contributed by atoms with Crippen molar-refractivity contribution in [3.8, 4) is 0 Å². The number of aliphatic carboxylic acids is 1. The van der Waals surface area contributed by atoms with E-state index in [1.807, 2.05) is 18.2 Å². The first kappa shape index (κ1) is 21.5. The summed E-state index contributed by atoms with van der Waals surface area (Å²) >= 11 is 0. The van der Waals surface area contributed by atoms with Crippen molar-refractivity contribution >= 4 is 22.9 Å². The molecule has 0 saturated heterocycles. The van der Waals surface area contributed by atoms with Gasteiger partial charge in [0.05, 0.1) is 6.04 Å². The van der Waals surface area contributed by atoms with Crippen LogP contribution >= 0.6 is 0 Å². The first-order chi connectivity index (χ1) is 16.4. The number of aromatic amines is 1. The molecule has 2 bridgehead atoms. The predicted molar refractivity (Wildman–Crippen MR) is 127 cm³/mol. The van der Waals surface area contributed by atoms with Crippen LogP contribution in [0.1, 0.15) is 67.5 Å². The summed E-state index contributed by atoms with van der Waals surface area (Å²) in [6, 6.07) is 10.3. The van der Waals surface area contributed by atoms with Crippen LogP contribution in [0.25, 0.3) is 17.0 Å². The highest BCUT2D eigenvalue weighted by atomic mass is 19.1. The average Bonchev–Trinajstić information content (AvgIpc) is 3.49. The van der Waals surface area contributed by atoms with Gasteiger partial charge in [-0.2, -0.15) is 0 Å². The van der Waals surface area contributed by atoms with E-state index in [4.69, 9.17) is 5.11 Å². The highest BCUT2D eigenvalue weighted by Crippen LogP contribution is 2.60. The topological polar surface area (TPSA) is 56.3 Å². The fraction of sp³-hybridized carbons (Fsp3) is 0.393. The normalized spacial score (nSPS) is 28.4. The summed E-state index contributed by atoms with van der Waals surface area (Å²) in [7, 11) is 0. The minimum atomic E-state index is -1.16. The number of para-hydroxylation sites is 1. The predicted octanol–water partition coefficient (Wildman–Crippen LogP) is 6.21. The quantitative estimate of drug-likeness (QED) is 0.443. The van der Waals surface area contributed by atoms with Gasteiger partial charge in [0.25, 0.3) is 0 Å². The third kappa shape index (κ3) is 3.15. The van der Waals surface area contributed by atoms with Crippen molar-refractivity contribution in [1.29, 1.82) is 0 Å². The van der Waals surface area contributed by atoms with E-state index in [9.17, 15) is 4.79 Å². The van der Waals surface area contributed by atoms with E-state index in [1.165, 1.54) is 24.6 Å². The molecule has 0 unspecified atom stereocenters. The Hall–Kier alpha value is -2.99. The molecule has 4 nitrogen and oxygen atoms in total. The van der Waals surface area contributed by atoms with Gasteiger partial charge in [0.2, 0.25) is 0 Å². The van der Waals surface area contributed by atoms with Crippen molar-refractivity contribution < 1.29 is 18.7 Å². The van der Waals surface area contributed by atoms with E-state index in [-0.39, 0.29) is 22.7 Å². The zero-order chi connectivity index (χ0) is 23.6. The van der Waals surface area contributed by atoms with Crippen LogP contribution in [0, 0.1) is 17.6 Å². The lowest BCUT2D eigenvalue weighted by Gasteiger charge is -2.56. The van der Waals surface area contributed by atoms with Crippen LogP contribution in [-0.2, 0) is 11.2 Å². The lowest BCUT2D eigenvalue weighted by molar-refractivity contribution is -0.131. The number of aromatic nitrogens is 1. The molecule has 2 heterocycles. The Morgan fingerprint density at radius 1 is 1.24 bits per heavy atom. The van der Waals surface area contributed by atoms with E-state index in [0.29, 0.717) is 0 Å². The number of H-pyrrole nitrogens is 1. The molecule has 3 aliphatic carbocycles. The number of rotatable bonds is 5. The molecule has 1 aliphatic heterocycles.